The van der Waals surface area contributed by atoms with Crippen molar-refractivity contribution in [3.05, 3.63) is 0 Å². The van der Waals surface area contributed by atoms with Crippen LogP contribution in [-0.2, 0) is 19.1 Å². The monoisotopic (exact) mass is 407 g/mol. The molecule has 1 saturated heterocycles. The second kappa shape index (κ2) is 7.50. The van der Waals surface area contributed by atoms with E-state index in [4.69, 9.17) is 4.74 Å². The molecule has 3 aliphatic carbocycles. The number of carboxylic acids is 1. The molecule has 3 saturated carbocycles. The molecule has 4 aliphatic rings. The van der Waals surface area contributed by atoms with Gasteiger partial charge < -0.3 is 25.4 Å². The van der Waals surface area contributed by atoms with Crippen molar-refractivity contribution >= 4 is 23.9 Å². The first-order chi connectivity index (χ1) is 13.8. The van der Waals surface area contributed by atoms with Crippen molar-refractivity contribution in [2.24, 2.45) is 17.8 Å². The Bertz CT molecular complexity index is 717. The zero-order valence-electron chi connectivity index (χ0n) is 16.7. The number of carbonyl (C=O) groups excluding carboxylic acids is 3. The van der Waals surface area contributed by atoms with Crippen LogP contribution in [0, 0.1) is 17.8 Å². The van der Waals surface area contributed by atoms with Gasteiger partial charge in [0, 0.05) is 6.54 Å². The molecule has 0 aromatic carbocycles. The Kier molecular flexibility index (Phi) is 5.16. The largest absolute Gasteiger partial charge is 0.479 e. The number of alkyl carbamates (subject to hydrolysis) is 1. The van der Waals surface area contributed by atoms with Crippen LogP contribution in [0.4, 0.5) is 4.79 Å². The quantitative estimate of drug-likeness (QED) is 0.575. The van der Waals surface area contributed by atoms with Crippen LogP contribution in [0.5, 0.6) is 0 Å². The Balaban J connectivity index is 1.26. The lowest BCUT2D eigenvalue weighted by atomic mass is 10.1. The van der Waals surface area contributed by atoms with E-state index >= 15 is 0 Å². The fourth-order valence-corrected chi connectivity index (χ4v) is 5.13. The highest BCUT2D eigenvalue weighted by molar-refractivity contribution is 5.95. The first kappa shape index (κ1) is 20.0. The number of carbonyl (C=O) groups is 4. The van der Waals surface area contributed by atoms with Crippen LogP contribution in [0.2, 0.25) is 0 Å². The second-order valence-corrected chi connectivity index (χ2v) is 8.93. The molecule has 3 amide bonds. The summed E-state index contributed by atoms with van der Waals surface area (Å²) >= 11 is 0. The minimum absolute atomic E-state index is 0.0589. The van der Waals surface area contributed by atoms with Gasteiger partial charge in [-0.05, 0) is 56.3 Å². The van der Waals surface area contributed by atoms with E-state index in [9.17, 15) is 24.3 Å². The van der Waals surface area contributed by atoms with Crippen molar-refractivity contribution in [1.82, 2.24) is 15.5 Å². The van der Waals surface area contributed by atoms with Gasteiger partial charge in [-0.25, -0.2) is 9.59 Å². The Morgan fingerprint density at radius 3 is 2.52 bits per heavy atom. The first-order valence-electron chi connectivity index (χ1n) is 10.6. The van der Waals surface area contributed by atoms with Crippen LogP contribution in [0.25, 0.3) is 0 Å². The van der Waals surface area contributed by atoms with Gasteiger partial charge in [-0.15, -0.1) is 0 Å². The van der Waals surface area contributed by atoms with Crippen LogP contribution >= 0.6 is 0 Å². The van der Waals surface area contributed by atoms with E-state index in [1.165, 1.54) is 11.3 Å². The summed E-state index contributed by atoms with van der Waals surface area (Å²) in [6.45, 7) is 2.08. The summed E-state index contributed by atoms with van der Waals surface area (Å²) in [6.07, 6.45) is 4.64. The number of fused-ring (bicyclic) bond motifs is 1. The summed E-state index contributed by atoms with van der Waals surface area (Å²) in [5, 5.41) is 14.7. The van der Waals surface area contributed by atoms with Gasteiger partial charge >= 0.3 is 12.1 Å². The number of hydrogen-bond acceptors (Lipinski definition) is 5. The minimum atomic E-state index is -1.20. The van der Waals surface area contributed by atoms with Crippen LogP contribution in [0.3, 0.4) is 0 Å². The van der Waals surface area contributed by atoms with Gasteiger partial charge in [-0.2, -0.15) is 0 Å². The van der Waals surface area contributed by atoms with Gasteiger partial charge in [-0.1, -0.05) is 13.3 Å². The summed E-state index contributed by atoms with van der Waals surface area (Å²) < 4.78 is 5.36. The number of hydrogen-bond donors (Lipinski definition) is 3. The zero-order chi connectivity index (χ0) is 20.8. The van der Waals surface area contributed by atoms with Gasteiger partial charge in [-0.3, -0.25) is 9.59 Å². The molecule has 1 heterocycles. The number of carboxylic acid groups (broad SMARTS) is 1. The van der Waals surface area contributed by atoms with Crippen molar-refractivity contribution in [3.8, 4) is 0 Å². The second-order valence-electron chi connectivity index (χ2n) is 8.93. The van der Waals surface area contributed by atoms with Crippen molar-refractivity contribution < 1.29 is 29.0 Å². The van der Waals surface area contributed by atoms with E-state index in [0.29, 0.717) is 44.1 Å². The molecule has 0 aromatic rings. The highest BCUT2D eigenvalue weighted by Crippen LogP contribution is 2.52. The summed E-state index contributed by atoms with van der Waals surface area (Å²) in [6, 6.07) is -0.698. The number of amides is 3. The molecule has 0 spiro atoms. The Hall–Kier alpha value is -2.32. The number of nitrogens with one attached hydrogen (secondary N) is 2. The Morgan fingerprint density at radius 1 is 1.17 bits per heavy atom. The normalized spacial score (nSPS) is 36.9. The standard InChI is InChI=1S/C20H29N3O6/c1-2-13-9-20(13,18(26)27)22-17(25)15-4-3-5-23(15)16(24)10-21-19(28)29-14-7-11-6-12(11)8-14/h11-15H,2-10H2,1H3,(H,21,28)(H,22,25)(H,26,27)/t11?,12?,13?,14?,15-,20?/m0/s1. The maximum absolute atomic E-state index is 12.7. The molecule has 4 rings (SSSR count). The SMILES string of the molecule is CCC1CC1(NC(=O)[C@@H]1CCCN1C(=O)CNC(=O)OC1CC2CC2C1)C(=O)O. The van der Waals surface area contributed by atoms with Gasteiger partial charge in [0.1, 0.15) is 24.2 Å². The van der Waals surface area contributed by atoms with Gasteiger partial charge in [0.05, 0.1) is 0 Å². The van der Waals surface area contributed by atoms with E-state index < -0.39 is 29.6 Å². The molecule has 0 radical (unpaired) electrons. The maximum atomic E-state index is 12.7. The molecular weight excluding hydrogens is 378 g/mol. The third-order valence-corrected chi connectivity index (χ3v) is 7.06. The molecule has 4 unspecified atom stereocenters. The lowest BCUT2D eigenvalue weighted by Crippen LogP contribution is -2.54. The molecule has 4 fully saturated rings. The van der Waals surface area contributed by atoms with Crippen LogP contribution in [-0.4, -0.2) is 64.7 Å². The van der Waals surface area contributed by atoms with E-state index in [2.05, 4.69) is 10.6 Å². The molecular formula is C20H29N3O6. The summed E-state index contributed by atoms with van der Waals surface area (Å²) in [7, 11) is 0. The third-order valence-electron chi connectivity index (χ3n) is 7.06. The predicted molar refractivity (Wildman–Crippen MR) is 101 cm³/mol. The number of aliphatic carboxylic acids is 1. The Labute approximate surface area is 169 Å². The zero-order valence-corrected chi connectivity index (χ0v) is 16.7. The van der Waals surface area contributed by atoms with Crippen molar-refractivity contribution in [3.63, 3.8) is 0 Å². The molecule has 1 aliphatic heterocycles. The molecule has 3 N–H and O–H groups in total. The predicted octanol–water partition coefficient (Wildman–Crippen LogP) is 0.872. The summed E-state index contributed by atoms with van der Waals surface area (Å²) in [4.78, 5) is 50.2. The fraction of sp³-hybridized carbons (Fsp3) is 0.800. The van der Waals surface area contributed by atoms with E-state index in [1.807, 2.05) is 6.92 Å². The number of nitrogens with zero attached hydrogens (tertiary/aromatic N) is 1. The number of rotatable bonds is 7. The lowest BCUT2D eigenvalue weighted by Gasteiger charge is -2.26. The summed E-state index contributed by atoms with van der Waals surface area (Å²) in [5.41, 5.74) is -1.20. The third kappa shape index (κ3) is 3.91. The fourth-order valence-electron chi connectivity index (χ4n) is 5.13. The van der Waals surface area contributed by atoms with E-state index in [1.54, 1.807) is 0 Å². The molecule has 9 heteroatoms. The number of ether oxygens (including phenoxy) is 1. The van der Waals surface area contributed by atoms with Crippen LogP contribution in [0.15, 0.2) is 0 Å². The molecule has 9 nitrogen and oxygen atoms in total. The maximum Gasteiger partial charge on any atom is 0.407 e. The molecule has 0 aromatic heterocycles. The molecule has 0 bridgehead atoms. The van der Waals surface area contributed by atoms with Gasteiger partial charge in [0.15, 0.2) is 0 Å². The first-order valence-corrected chi connectivity index (χ1v) is 10.6. The average molecular weight is 407 g/mol. The smallest absolute Gasteiger partial charge is 0.407 e. The van der Waals surface area contributed by atoms with E-state index in [0.717, 1.165) is 12.8 Å². The molecule has 29 heavy (non-hydrogen) atoms. The van der Waals surface area contributed by atoms with Crippen molar-refractivity contribution in [1.29, 1.82) is 0 Å². The Morgan fingerprint density at radius 2 is 1.90 bits per heavy atom. The minimum Gasteiger partial charge on any atom is -0.479 e. The summed E-state index contributed by atoms with van der Waals surface area (Å²) in [5.74, 6) is -0.490. The highest BCUT2D eigenvalue weighted by atomic mass is 16.6. The highest BCUT2D eigenvalue weighted by Gasteiger charge is 2.61. The number of likely N-dealkylation sites (tertiary alicyclic amines) is 1. The van der Waals surface area contributed by atoms with E-state index in [-0.39, 0.29) is 24.5 Å². The topological polar surface area (TPSA) is 125 Å². The average Bonchev–Trinajstić information content (AvgIpc) is 3.46. The lowest BCUT2D eigenvalue weighted by molar-refractivity contribution is -0.145. The molecule has 160 valence electrons. The van der Waals surface area contributed by atoms with Crippen LogP contribution < -0.4 is 10.6 Å². The van der Waals surface area contributed by atoms with Crippen molar-refractivity contribution in [2.45, 2.75) is 69.6 Å². The van der Waals surface area contributed by atoms with Crippen LogP contribution in [0.1, 0.15) is 51.9 Å². The molecule has 5 atom stereocenters. The van der Waals surface area contributed by atoms with Gasteiger partial charge in [0.2, 0.25) is 11.8 Å². The van der Waals surface area contributed by atoms with Gasteiger partial charge in [0.25, 0.3) is 0 Å². The van der Waals surface area contributed by atoms with Crippen molar-refractivity contribution in [2.75, 3.05) is 13.1 Å².